The lowest BCUT2D eigenvalue weighted by molar-refractivity contribution is 0.260. The van der Waals surface area contributed by atoms with Crippen LogP contribution in [-0.2, 0) is 0 Å². The third-order valence-electron chi connectivity index (χ3n) is 12.1. The summed E-state index contributed by atoms with van der Waals surface area (Å²) in [5, 5.41) is 16.5. The fourth-order valence-electron chi connectivity index (χ4n) is 9.44. The number of rotatable bonds is 5. The van der Waals surface area contributed by atoms with Crippen LogP contribution in [0.25, 0.3) is 92.8 Å². The van der Waals surface area contributed by atoms with Crippen LogP contribution >= 0.6 is 11.8 Å². The molecule has 1 aromatic heterocycles. The van der Waals surface area contributed by atoms with Gasteiger partial charge in [-0.05, 0) is 109 Å². The second kappa shape index (κ2) is 13.0. The fourth-order valence-corrected chi connectivity index (χ4v) is 10.1. The van der Waals surface area contributed by atoms with Gasteiger partial charge < -0.3 is 14.6 Å². The minimum absolute atomic E-state index is 0.311. The first-order valence-electron chi connectivity index (χ1n) is 19.8. The molecular formula is C54H36N2OS. The third-order valence-corrected chi connectivity index (χ3v) is 12.9. The molecule has 11 aromatic rings. The molecule has 0 saturated carbocycles. The average Bonchev–Trinajstić information content (AvgIpc) is 3.89. The summed E-state index contributed by atoms with van der Waals surface area (Å²) >= 11 is 1.76. The van der Waals surface area contributed by atoms with Crippen molar-refractivity contribution in [1.82, 2.24) is 4.57 Å². The second-order valence-electron chi connectivity index (χ2n) is 15.2. The molecule has 0 amide bonds. The van der Waals surface area contributed by atoms with Crippen LogP contribution in [0.2, 0.25) is 0 Å². The van der Waals surface area contributed by atoms with Crippen molar-refractivity contribution in [2.75, 3.05) is 11.6 Å². The normalized spacial score (nSPS) is 13.8. The summed E-state index contributed by atoms with van der Waals surface area (Å²) in [6.07, 6.45) is 1.83. The molecular weight excluding hydrogens is 725 g/mol. The van der Waals surface area contributed by atoms with Crippen molar-refractivity contribution in [2.45, 2.75) is 11.1 Å². The Morgan fingerprint density at radius 2 is 1.07 bits per heavy atom. The van der Waals surface area contributed by atoms with E-state index in [1.807, 2.05) is 0 Å². The van der Waals surface area contributed by atoms with Crippen LogP contribution in [0, 0.1) is 0 Å². The van der Waals surface area contributed by atoms with Crippen molar-refractivity contribution in [3.63, 3.8) is 0 Å². The van der Waals surface area contributed by atoms with E-state index in [4.69, 9.17) is 4.74 Å². The summed E-state index contributed by atoms with van der Waals surface area (Å²) in [6.45, 7) is 0. The smallest absolute Gasteiger partial charge is 0.196 e. The molecule has 1 aliphatic heterocycles. The number of thioether (sulfide) groups is 1. The molecule has 1 unspecified atom stereocenters. The van der Waals surface area contributed by atoms with Crippen LogP contribution in [0.15, 0.2) is 193 Å². The molecule has 10 aromatic carbocycles. The molecule has 0 saturated heterocycles. The van der Waals surface area contributed by atoms with Crippen molar-refractivity contribution in [2.24, 2.45) is 0 Å². The summed E-state index contributed by atoms with van der Waals surface area (Å²) in [7, 11) is 0. The van der Waals surface area contributed by atoms with E-state index in [1.165, 1.54) is 86.5 Å². The van der Waals surface area contributed by atoms with E-state index >= 15 is 0 Å². The number of aromatic nitrogens is 1. The minimum Gasteiger partial charge on any atom is -0.464 e. The molecule has 0 aliphatic carbocycles. The Morgan fingerprint density at radius 1 is 0.500 bits per heavy atom. The van der Waals surface area contributed by atoms with Gasteiger partial charge in [-0.1, -0.05) is 146 Å². The zero-order valence-corrected chi connectivity index (χ0v) is 32.6. The van der Waals surface area contributed by atoms with E-state index in [0.29, 0.717) is 0 Å². The number of hydrogen-bond donors (Lipinski definition) is 1. The van der Waals surface area contributed by atoms with Gasteiger partial charge in [0.1, 0.15) is 5.75 Å². The van der Waals surface area contributed by atoms with Crippen molar-refractivity contribution in [3.05, 3.63) is 194 Å². The number of nitrogens with zero attached hydrogens (tertiary/aromatic N) is 1. The number of anilines is 1. The van der Waals surface area contributed by atoms with Crippen LogP contribution in [0.4, 0.5) is 5.69 Å². The zero-order valence-electron chi connectivity index (χ0n) is 31.7. The molecule has 4 heteroatoms. The molecule has 58 heavy (non-hydrogen) atoms. The zero-order chi connectivity index (χ0) is 38.3. The molecule has 3 nitrogen and oxygen atoms in total. The topological polar surface area (TPSA) is 26.2 Å². The van der Waals surface area contributed by atoms with Crippen molar-refractivity contribution in [1.29, 1.82) is 0 Å². The Bertz CT molecular complexity index is 3350. The average molecular weight is 761 g/mol. The summed E-state index contributed by atoms with van der Waals surface area (Å²) in [5.41, 5.74) is 10.4. The molecule has 0 fully saturated rings. The van der Waals surface area contributed by atoms with E-state index in [9.17, 15) is 0 Å². The fraction of sp³-hybridized carbons (Fsp3) is 0.0370. The van der Waals surface area contributed by atoms with Gasteiger partial charge in [0.2, 0.25) is 0 Å². The Morgan fingerprint density at radius 3 is 1.72 bits per heavy atom. The predicted octanol–water partition coefficient (Wildman–Crippen LogP) is 15.0. The predicted molar refractivity (Wildman–Crippen MR) is 247 cm³/mol. The van der Waals surface area contributed by atoms with E-state index in [0.717, 1.165) is 28.3 Å². The van der Waals surface area contributed by atoms with Crippen LogP contribution in [0.3, 0.4) is 0 Å². The largest absolute Gasteiger partial charge is 0.464 e. The van der Waals surface area contributed by atoms with Gasteiger partial charge in [-0.3, -0.25) is 0 Å². The Kier molecular flexibility index (Phi) is 7.44. The number of ether oxygens (including phenoxy) is 1. The Balaban J connectivity index is 0.907. The van der Waals surface area contributed by atoms with Gasteiger partial charge in [-0.15, -0.1) is 11.8 Å². The van der Waals surface area contributed by atoms with Crippen LogP contribution in [0.5, 0.6) is 5.75 Å². The number of hydrogen-bond acceptors (Lipinski definition) is 3. The monoisotopic (exact) mass is 760 g/mol. The molecule has 1 atom stereocenters. The number of fused-ring (bicyclic) bond motifs is 11. The maximum Gasteiger partial charge on any atom is 0.196 e. The summed E-state index contributed by atoms with van der Waals surface area (Å²) in [4.78, 5) is 1.21. The van der Waals surface area contributed by atoms with Crippen LogP contribution in [-0.4, -0.2) is 10.8 Å². The molecule has 2 heterocycles. The molecule has 0 spiro atoms. The first kappa shape index (κ1) is 33.2. The molecule has 12 rings (SSSR count). The number of benzene rings is 10. The van der Waals surface area contributed by atoms with Gasteiger partial charge in [0.05, 0.1) is 16.7 Å². The maximum absolute atomic E-state index is 6.68. The number of nitrogens with one attached hydrogen (secondary N) is 1. The van der Waals surface area contributed by atoms with Crippen molar-refractivity contribution < 1.29 is 4.74 Å². The molecule has 0 bridgehead atoms. The molecule has 1 aliphatic rings. The van der Waals surface area contributed by atoms with Gasteiger partial charge >= 0.3 is 0 Å². The molecule has 1 N–H and O–H groups in total. The molecule has 274 valence electrons. The highest BCUT2D eigenvalue weighted by atomic mass is 32.2. The Hall–Kier alpha value is -7.01. The van der Waals surface area contributed by atoms with E-state index in [1.54, 1.807) is 11.8 Å². The maximum atomic E-state index is 6.68. The lowest BCUT2D eigenvalue weighted by atomic mass is 9.92. The van der Waals surface area contributed by atoms with Crippen molar-refractivity contribution in [3.8, 4) is 33.7 Å². The van der Waals surface area contributed by atoms with Crippen LogP contribution in [0.1, 0.15) is 11.8 Å². The highest BCUT2D eigenvalue weighted by Crippen LogP contribution is 2.49. The molecule has 0 radical (unpaired) electrons. The summed E-state index contributed by atoms with van der Waals surface area (Å²) in [5.74, 6) is 0.868. The summed E-state index contributed by atoms with van der Waals surface area (Å²) in [6, 6.07) is 68.5. The van der Waals surface area contributed by atoms with E-state index in [-0.39, 0.29) is 6.23 Å². The summed E-state index contributed by atoms with van der Waals surface area (Å²) < 4.78 is 9.09. The van der Waals surface area contributed by atoms with E-state index in [2.05, 4.69) is 204 Å². The van der Waals surface area contributed by atoms with E-state index < -0.39 is 0 Å². The highest BCUT2D eigenvalue weighted by Gasteiger charge is 2.28. The highest BCUT2D eigenvalue weighted by molar-refractivity contribution is 7.98. The van der Waals surface area contributed by atoms with Gasteiger partial charge in [0.15, 0.2) is 6.23 Å². The standard InChI is InChI=1S/C54H36N2OS/c1-58-49-31-30-48-53(50(49)36-20-18-35(19-21-36)45-32-38-12-4-5-13-40(38)43-16-8-9-17-44(43)45)55-54(57-48)37-22-26-39(27-23-37)56-46-28-24-33-10-2-6-14-41(33)51(46)52-42-15-7-3-11-34(42)25-29-47(52)56/h2-32,54-55H,1H3. The lowest BCUT2D eigenvalue weighted by Crippen LogP contribution is -2.10. The van der Waals surface area contributed by atoms with Gasteiger partial charge in [0, 0.05) is 32.5 Å². The first-order valence-corrected chi connectivity index (χ1v) is 21.0. The first-order chi connectivity index (χ1) is 28.7. The SMILES string of the molecule is CSc1ccc2c(c1-c1ccc(-c3cc4ccccc4c4ccccc34)cc1)NC(c1ccc(-n3c4ccc5ccccc5c4c4c5ccccc5ccc43)cc1)O2. The quantitative estimate of drug-likeness (QED) is 0.140. The van der Waals surface area contributed by atoms with Crippen molar-refractivity contribution >= 4 is 82.3 Å². The van der Waals surface area contributed by atoms with Crippen LogP contribution < -0.4 is 10.1 Å². The third kappa shape index (κ3) is 5.02. The van der Waals surface area contributed by atoms with Gasteiger partial charge in [0.25, 0.3) is 0 Å². The lowest BCUT2D eigenvalue weighted by Gasteiger charge is -2.15. The van der Waals surface area contributed by atoms with Gasteiger partial charge in [-0.25, -0.2) is 0 Å². The Labute approximate surface area is 340 Å². The second-order valence-corrected chi connectivity index (χ2v) is 16.1. The minimum atomic E-state index is -0.311. The van der Waals surface area contributed by atoms with Gasteiger partial charge in [-0.2, -0.15) is 0 Å².